The Hall–Kier alpha value is -0.650. The summed E-state index contributed by atoms with van der Waals surface area (Å²) < 4.78 is 7.63. The molecule has 0 amide bonds. The first kappa shape index (κ1) is 13.3. The van der Waals surface area contributed by atoms with Crippen LogP contribution in [0, 0.1) is 0 Å². The first-order chi connectivity index (χ1) is 9.13. The number of carbonyl (C=O) groups excluding carboxylic acids is 1. The number of rotatable bonds is 3. The number of carbonyl (C=O) groups is 1. The molecule has 0 unspecified atom stereocenters. The zero-order valence-electron chi connectivity index (χ0n) is 9.91. The van der Waals surface area contributed by atoms with Gasteiger partial charge in [-0.25, -0.2) is 0 Å². The Kier molecular flexibility index (Phi) is 3.78. The van der Waals surface area contributed by atoms with Crippen molar-refractivity contribution in [3.63, 3.8) is 0 Å². The fourth-order valence-electron chi connectivity index (χ4n) is 2.21. The van der Waals surface area contributed by atoms with Crippen LogP contribution in [0.3, 0.4) is 0 Å². The summed E-state index contributed by atoms with van der Waals surface area (Å²) in [6.45, 7) is 0.705. The molecule has 19 heavy (non-hydrogen) atoms. The van der Waals surface area contributed by atoms with E-state index in [1.807, 2.05) is 17.5 Å². The average molecular weight is 402 g/mol. The summed E-state index contributed by atoms with van der Waals surface area (Å²) in [7, 11) is 0. The second-order valence-corrected chi connectivity index (χ2v) is 7.60. The molecular weight excluding hydrogens is 392 g/mol. The van der Waals surface area contributed by atoms with E-state index in [0.717, 1.165) is 31.6 Å². The smallest absolute Gasteiger partial charge is 0.168 e. The standard InChI is InChI=1S/C14H10Br2O2S/c15-11-3-8-1-2-18-14(8)9(4-11)5-12(17)10-6-13(16)19-7-10/h3-4,6-7H,1-2,5H2. The Morgan fingerprint density at radius 2 is 2.16 bits per heavy atom. The Bertz CT molecular complexity index is 649. The average Bonchev–Trinajstić information content (AvgIpc) is 2.97. The third-order valence-electron chi connectivity index (χ3n) is 3.07. The zero-order chi connectivity index (χ0) is 13.4. The van der Waals surface area contributed by atoms with Gasteiger partial charge in [-0.2, -0.15) is 0 Å². The van der Waals surface area contributed by atoms with E-state index < -0.39 is 0 Å². The number of hydrogen-bond acceptors (Lipinski definition) is 3. The van der Waals surface area contributed by atoms with Gasteiger partial charge in [0, 0.05) is 33.8 Å². The fourth-order valence-corrected chi connectivity index (χ4v) is 3.92. The van der Waals surface area contributed by atoms with Crippen molar-refractivity contribution in [2.24, 2.45) is 0 Å². The van der Waals surface area contributed by atoms with Crippen LogP contribution in [-0.4, -0.2) is 12.4 Å². The molecule has 1 aromatic heterocycles. The van der Waals surface area contributed by atoms with E-state index in [4.69, 9.17) is 4.74 Å². The molecule has 2 nitrogen and oxygen atoms in total. The van der Waals surface area contributed by atoms with E-state index >= 15 is 0 Å². The van der Waals surface area contributed by atoms with Crippen LogP contribution in [0.2, 0.25) is 0 Å². The monoisotopic (exact) mass is 400 g/mol. The van der Waals surface area contributed by atoms with Crippen LogP contribution in [0.25, 0.3) is 0 Å². The Labute approximate surface area is 132 Å². The molecule has 0 spiro atoms. The molecule has 0 bridgehead atoms. The number of hydrogen-bond donors (Lipinski definition) is 0. The minimum Gasteiger partial charge on any atom is -0.493 e. The van der Waals surface area contributed by atoms with Crippen LogP contribution in [0.4, 0.5) is 0 Å². The van der Waals surface area contributed by atoms with Crippen molar-refractivity contribution in [1.29, 1.82) is 0 Å². The maximum absolute atomic E-state index is 12.3. The van der Waals surface area contributed by atoms with Gasteiger partial charge < -0.3 is 4.74 Å². The highest BCUT2D eigenvalue weighted by atomic mass is 79.9. The highest BCUT2D eigenvalue weighted by Gasteiger charge is 2.20. The summed E-state index contributed by atoms with van der Waals surface area (Å²) in [6.07, 6.45) is 1.30. The van der Waals surface area contributed by atoms with Crippen LogP contribution in [-0.2, 0) is 12.8 Å². The molecule has 2 heterocycles. The van der Waals surface area contributed by atoms with Crippen molar-refractivity contribution in [1.82, 2.24) is 0 Å². The fraction of sp³-hybridized carbons (Fsp3) is 0.214. The maximum Gasteiger partial charge on any atom is 0.168 e. The van der Waals surface area contributed by atoms with Crippen LogP contribution in [0.5, 0.6) is 5.75 Å². The number of benzene rings is 1. The van der Waals surface area contributed by atoms with Crippen LogP contribution in [0.1, 0.15) is 21.5 Å². The second-order valence-electron chi connectivity index (χ2n) is 4.39. The van der Waals surface area contributed by atoms with Crippen molar-refractivity contribution in [2.45, 2.75) is 12.8 Å². The van der Waals surface area contributed by atoms with E-state index in [9.17, 15) is 4.79 Å². The number of ketones is 1. The number of Topliss-reactive ketones (excluding diaryl/α,β-unsaturated/α-hetero) is 1. The SMILES string of the molecule is O=C(Cc1cc(Br)cc2c1OCC2)c1csc(Br)c1. The zero-order valence-corrected chi connectivity index (χ0v) is 13.9. The van der Waals surface area contributed by atoms with E-state index in [1.54, 1.807) is 0 Å². The van der Waals surface area contributed by atoms with E-state index in [0.29, 0.717) is 13.0 Å². The van der Waals surface area contributed by atoms with Crippen molar-refractivity contribution in [3.8, 4) is 5.75 Å². The van der Waals surface area contributed by atoms with Crippen molar-refractivity contribution < 1.29 is 9.53 Å². The lowest BCUT2D eigenvalue weighted by molar-refractivity contribution is 0.0992. The summed E-state index contributed by atoms with van der Waals surface area (Å²) in [5.74, 6) is 1.02. The van der Waals surface area contributed by atoms with Gasteiger partial charge in [0.25, 0.3) is 0 Å². The van der Waals surface area contributed by atoms with Gasteiger partial charge in [0.2, 0.25) is 0 Å². The molecule has 0 saturated carbocycles. The summed E-state index contributed by atoms with van der Waals surface area (Å²) in [4.78, 5) is 12.3. The summed E-state index contributed by atoms with van der Waals surface area (Å²) in [5, 5.41) is 1.88. The molecule has 3 rings (SSSR count). The minimum absolute atomic E-state index is 0.123. The molecule has 1 aromatic carbocycles. The van der Waals surface area contributed by atoms with Gasteiger partial charge in [0.05, 0.1) is 10.4 Å². The second kappa shape index (κ2) is 5.38. The van der Waals surface area contributed by atoms with Crippen molar-refractivity contribution in [2.75, 3.05) is 6.61 Å². The predicted molar refractivity (Wildman–Crippen MR) is 83.4 cm³/mol. The Morgan fingerprint density at radius 3 is 2.89 bits per heavy atom. The largest absolute Gasteiger partial charge is 0.493 e. The first-order valence-corrected chi connectivity index (χ1v) is 8.31. The van der Waals surface area contributed by atoms with Gasteiger partial charge in [0.15, 0.2) is 5.78 Å². The van der Waals surface area contributed by atoms with Gasteiger partial charge in [-0.1, -0.05) is 15.9 Å². The molecule has 1 aliphatic rings. The van der Waals surface area contributed by atoms with Crippen LogP contribution < -0.4 is 4.74 Å². The van der Waals surface area contributed by atoms with E-state index in [1.165, 1.54) is 16.9 Å². The van der Waals surface area contributed by atoms with Gasteiger partial charge in [0.1, 0.15) is 5.75 Å². The van der Waals surface area contributed by atoms with Crippen LogP contribution >= 0.6 is 43.2 Å². The molecular formula is C14H10Br2O2S. The quantitative estimate of drug-likeness (QED) is 0.700. The molecule has 0 fully saturated rings. The van der Waals surface area contributed by atoms with E-state index in [-0.39, 0.29) is 5.78 Å². The first-order valence-electron chi connectivity index (χ1n) is 5.85. The summed E-state index contributed by atoms with van der Waals surface area (Å²) in [6, 6.07) is 5.91. The number of ether oxygens (including phenoxy) is 1. The summed E-state index contributed by atoms with van der Waals surface area (Å²) >= 11 is 8.40. The molecule has 1 aliphatic heterocycles. The number of halogens is 2. The lowest BCUT2D eigenvalue weighted by Crippen LogP contribution is -2.03. The molecule has 98 valence electrons. The van der Waals surface area contributed by atoms with Crippen molar-refractivity contribution >= 4 is 49.0 Å². The molecule has 0 atom stereocenters. The number of thiophene rings is 1. The van der Waals surface area contributed by atoms with Gasteiger partial charge in [-0.15, -0.1) is 11.3 Å². The van der Waals surface area contributed by atoms with E-state index in [2.05, 4.69) is 37.9 Å². The molecule has 0 N–H and O–H groups in total. The van der Waals surface area contributed by atoms with Crippen molar-refractivity contribution in [3.05, 3.63) is 48.5 Å². The molecule has 0 radical (unpaired) electrons. The van der Waals surface area contributed by atoms with Gasteiger partial charge in [-0.3, -0.25) is 4.79 Å². The minimum atomic E-state index is 0.123. The highest BCUT2D eigenvalue weighted by Crippen LogP contribution is 2.34. The Balaban J connectivity index is 1.90. The van der Waals surface area contributed by atoms with Gasteiger partial charge in [-0.05, 0) is 39.7 Å². The third-order valence-corrected chi connectivity index (χ3v) is 5.03. The lowest BCUT2D eigenvalue weighted by Gasteiger charge is -2.08. The molecule has 2 aromatic rings. The molecule has 5 heteroatoms. The van der Waals surface area contributed by atoms with Crippen LogP contribution in [0.15, 0.2) is 31.8 Å². The molecule has 0 saturated heterocycles. The lowest BCUT2D eigenvalue weighted by atomic mass is 10.0. The topological polar surface area (TPSA) is 26.3 Å². The molecule has 0 aliphatic carbocycles. The predicted octanol–water partition coefficient (Wildman–Crippen LogP) is 4.63. The number of fused-ring (bicyclic) bond motifs is 1. The summed E-state index contributed by atoms with van der Waals surface area (Å²) in [5.41, 5.74) is 2.90. The normalized spacial score (nSPS) is 13.2. The van der Waals surface area contributed by atoms with Gasteiger partial charge >= 0.3 is 0 Å². The third kappa shape index (κ3) is 2.78. The highest BCUT2D eigenvalue weighted by molar-refractivity contribution is 9.11. The maximum atomic E-state index is 12.3. The Morgan fingerprint density at radius 1 is 1.32 bits per heavy atom.